The summed E-state index contributed by atoms with van der Waals surface area (Å²) in [5.41, 5.74) is 0.736. The fourth-order valence-electron chi connectivity index (χ4n) is 1.45. The molecule has 106 valence electrons. The van der Waals surface area contributed by atoms with E-state index in [2.05, 4.69) is 5.32 Å². The molecule has 1 aromatic carbocycles. The Kier molecular flexibility index (Phi) is 7.04. The monoisotopic (exact) mass is 306 g/mol. The van der Waals surface area contributed by atoms with E-state index in [-0.39, 0.29) is 6.61 Å². The summed E-state index contributed by atoms with van der Waals surface area (Å²) in [6.45, 7) is 3.11. The van der Waals surface area contributed by atoms with E-state index in [9.17, 15) is 8.78 Å². The number of anilines is 1. The van der Waals surface area contributed by atoms with Crippen molar-refractivity contribution in [2.45, 2.75) is 17.6 Å². The molecule has 0 heterocycles. The Hall–Kier alpha value is -0.920. The number of likely N-dealkylation sites (N-methyl/N-ethyl adjacent to an activating group) is 1. The second-order valence-corrected chi connectivity index (χ2v) is 5.09. The molecule has 0 spiro atoms. The fourth-order valence-corrected chi connectivity index (χ4v) is 2.28. The van der Waals surface area contributed by atoms with Gasteiger partial charge in [0, 0.05) is 23.7 Å². The van der Waals surface area contributed by atoms with Crippen LogP contribution in [0.2, 0.25) is 0 Å². The Balaban J connectivity index is 2.59. The van der Waals surface area contributed by atoms with Gasteiger partial charge in [-0.25, -0.2) is 0 Å². The smallest absolute Gasteiger partial charge is 0.288 e. The maximum absolute atomic E-state index is 12.2. The van der Waals surface area contributed by atoms with E-state index in [0.717, 1.165) is 5.69 Å². The predicted octanol–water partition coefficient (Wildman–Crippen LogP) is 3.01. The molecule has 0 amide bonds. The van der Waals surface area contributed by atoms with E-state index >= 15 is 0 Å². The summed E-state index contributed by atoms with van der Waals surface area (Å²) in [7, 11) is 0. The zero-order valence-corrected chi connectivity index (χ0v) is 12.1. The molecule has 0 saturated heterocycles. The van der Waals surface area contributed by atoms with Gasteiger partial charge in [0.15, 0.2) is 5.11 Å². The SMILES string of the molecule is CCN(CCO)C(=S)Nc1ccc(SC(F)F)cc1. The molecule has 0 radical (unpaired) electrons. The van der Waals surface area contributed by atoms with Gasteiger partial charge in [-0.05, 0) is 43.4 Å². The molecular formula is C12H16F2N2OS2. The molecule has 2 N–H and O–H groups in total. The van der Waals surface area contributed by atoms with Gasteiger partial charge in [0.2, 0.25) is 0 Å². The summed E-state index contributed by atoms with van der Waals surface area (Å²) in [5.74, 6) is -2.42. The normalized spacial score (nSPS) is 10.6. The maximum atomic E-state index is 12.2. The minimum atomic E-state index is -2.42. The lowest BCUT2D eigenvalue weighted by atomic mass is 10.3. The largest absolute Gasteiger partial charge is 0.395 e. The Morgan fingerprint density at radius 1 is 1.42 bits per heavy atom. The highest BCUT2D eigenvalue weighted by Gasteiger charge is 2.08. The van der Waals surface area contributed by atoms with Gasteiger partial charge in [-0.3, -0.25) is 0 Å². The second kappa shape index (κ2) is 8.29. The maximum Gasteiger partial charge on any atom is 0.288 e. The number of halogens is 2. The molecule has 1 rings (SSSR count). The van der Waals surface area contributed by atoms with Crippen molar-refractivity contribution >= 4 is 34.8 Å². The first-order valence-electron chi connectivity index (χ1n) is 5.78. The van der Waals surface area contributed by atoms with Crippen LogP contribution in [0.4, 0.5) is 14.5 Å². The van der Waals surface area contributed by atoms with Gasteiger partial charge in [0.05, 0.1) is 6.61 Å². The van der Waals surface area contributed by atoms with Gasteiger partial charge < -0.3 is 15.3 Å². The van der Waals surface area contributed by atoms with Crippen LogP contribution in [0.1, 0.15) is 6.92 Å². The Labute approximate surface area is 121 Å². The Morgan fingerprint density at radius 2 is 2.05 bits per heavy atom. The van der Waals surface area contributed by atoms with Crippen molar-refractivity contribution in [2.75, 3.05) is 25.0 Å². The van der Waals surface area contributed by atoms with E-state index in [1.165, 1.54) is 0 Å². The van der Waals surface area contributed by atoms with E-state index < -0.39 is 5.76 Å². The summed E-state index contributed by atoms with van der Waals surface area (Å²) in [4.78, 5) is 2.33. The van der Waals surface area contributed by atoms with Gasteiger partial charge in [-0.15, -0.1) is 0 Å². The number of hydrogen-bond donors (Lipinski definition) is 2. The third kappa shape index (κ3) is 5.71. The van der Waals surface area contributed by atoms with Crippen molar-refractivity contribution in [1.82, 2.24) is 4.90 Å². The number of benzene rings is 1. The number of nitrogens with one attached hydrogen (secondary N) is 1. The summed E-state index contributed by atoms with van der Waals surface area (Å²) >= 11 is 5.71. The van der Waals surface area contributed by atoms with Crippen LogP contribution in [-0.2, 0) is 0 Å². The van der Waals surface area contributed by atoms with E-state index in [1.54, 1.807) is 24.3 Å². The minimum absolute atomic E-state index is 0.0274. The molecule has 0 aliphatic rings. The van der Waals surface area contributed by atoms with Crippen LogP contribution in [0.15, 0.2) is 29.2 Å². The topological polar surface area (TPSA) is 35.5 Å². The van der Waals surface area contributed by atoms with Gasteiger partial charge in [0.1, 0.15) is 0 Å². The number of thioether (sulfide) groups is 1. The average molecular weight is 306 g/mol. The number of hydrogen-bond acceptors (Lipinski definition) is 3. The third-order valence-electron chi connectivity index (χ3n) is 2.37. The molecule has 1 aromatic rings. The first-order chi connectivity index (χ1) is 9.06. The quantitative estimate of drug-likeness (QED) is 0.624. The fraction of sp³-hybridized carbons (Fsp3) is 0.417. The highest BCUT2D eigenvalue weighted by Crippen LogP contribution is 2.26. The molecule has 19 heavy (non-hydrogen) atoms. The van der Waals surface area contributed by atoms with Crippen LogP contribution < -0.4 is 5.32 Å². The number of aliphatic hydroxyl groups excluding tert-OH is 1. The average Bonchev–Trinajstić information content (AvgIpc) is 2.37. The van der Waals surface area contributed by atoms with Crippen LogP contribution in [0.25, 0.3) is 0 Å². The van der Waals surface area contributed by atoms with Crippen molar-refractivity contribution in [2.24, 2.45) is 0 Å². The van der Waals surface area contributed by atoms with Crippen LogP contribution in [0, 0.1) is 0 Å². The molecule has 0 aromatic heterocycles. The molecular weight excluding hydrogens is 290 g/mol. The highest BCUT2D eigenvalue weighted by molar-refractivity contribution is 7.99. The number of alkyl halides is 2. The zero-order valence-electron chi connectivity index (χ0n) is 10.5. The Morgan fingerprint density at radius 3 is 2.53 bits per heavy atom. The number of nitrogens with zero attached hydrogens (tertiary/aromatic N) is 1. The molecule has 0 atom stereocenters. The molecule has 0 saturated carbocycles. The Bertz CT molecular complexity index is 401. The van der Waals surface area contributed by atoms with Crippen LogP contribution >= 0.6 is 24.0 Å². The number of thiocarbonyl (C=S) groups is 1. The predicted molar refractivity (Wildman–Crippen MR) is 78.9 cm³/mol. The standard InChI is InChI=1S/C12H16F2N2OS2/c1-2-16(7-8-17)12(18)15-9-3-5-10(6-4-9)19-11(13)14/h3-6,11,17H,2,7-8H2,1H3,(H,15,18). The molecule has 0 aliphatic carbocycles. The molecule has 7 heteroatoms. The number of rotatable bonds is 6. The van der Waals surface area contributed by atoms with Crippen molar-refractivity contribution in [3.05, 3.63) is 24.3 Å². The van der Waals surface area contributed by atoms with Crippen LogP contribution in [-0.4, -0.2) is 40.6 Å². The zero-order chi connectivity index (χ0) is 14.3. The van der Waals surface area contributed by atoms with Gasteiger partial charge in [-0.2, -0.15) is 8.78 Å². The van der Waals surface area contributed by atoms with Gasteiger partial charge in [0.25, 0.3) is 5.76 Å². The summed E-state index contributed by atoms with van der Waals surface area (Å²) in [6, 6.07) is 6.63. The van der Waals surface area contributed by atoms with E-state index in [4.69, 9.17) is 17.3 Å². The molecule has 0 bridgehead atoms. The molecule has 0 unspecified atom stereocenters. The summed E-state index contributed by atoms with van der Waals surface area (Å²) < 4.78 is 24.3. The molecule has 3 nitrogen and oxygen atoms in total. The first-order valence-corrected chi connectivity index (χ1v) is 7.07. The van der Waals surface area contributed by atoms with Crippen molar-refractivity contribution in [3.63, 3.8) is 0 Å². The van der Waals surface area contributed by atoms with Crippen LogP contribution in [0.5, 0.6) is 0 Å². The minimum Gasteiger partial charge on any atom is -0.395 e. The third-order valence-corrected chi connectivity index (χ3v) is 3.45. The van der Waals surface area contributed by atoms with Crippen molar-refractivity contribution in [3.8, 4) is 0 Å². The van der Waals surface area contributed by atoms with Crippen LogP contribution in [0.3, 0.4) is 0 Å². The first kappa shape index (κ1) is 16.1. The van der Waals surface area contributed by atoms with Gasteiger partial charge >= 0.3 is 0 Å². The lowest BCUT2D eigenvalue weighted by Crippen LogP contribution is -2.36. The highest BCUT2D eigenvalue weighted by atomic mass is 32.2. The lowest BCUT2D eigenvalue weighted by molar-refractivity contribution is 0.252. The van der Waals surface area contributed by atoms with Crippen molar-refractivity contribution in [1.29, 1.82) is 0 Å². The second-order valence-electron chi connectivity index (χ2n) is 3.64. The summed E-state index contributed by atoms with van der Waals surface area (Å²) in [6.07, 6.45) is 0. The summed E-state index contributed by atoms with van der Waals surface area (Å²) in [5, 5.41) is 12.4. The van der Waals surface area contributed by atoms with Crippen molar-refractivity contribution < 1.29 is 13.9 Å². The molecule has 0 aliphatic heterocycles. The van der Waals surface area contributed by atoms with E-state index in [1.807, 2.05) is 11.8 Å². The lowest BCUT2D eigenvalue weighted by Gasteiger charge is -2.23. The van der Waals surface area contributed by atoms with E-state index in [0.29, 0.717) is 34.9 Å². The molecule has 0 fully saturated rings. The number of aliphatic hydroxyl groups is 1. The van der Waals surface area contributed by atoms with Gasteiger partial charge in [-0.1, -0.05) is 11.8 Å².